The molecule has 1 N–H and O–H groups in total. The van der Waals surface area contributed by atoms with Crippen LogP contribution in [0.5, 0.6) is 0 Å². The van der Waals surface area contributed by atoms with Crippen LogP contribution in [0.2, 0.25) is 0 Å². The van der Waals surface area contributed by atoms with Crippen molar-refractivity contribution in [2.75, 3.05) is 13.2 Å². The Kier molecular flexibility index (Phi) is 11.6. The highest BCUT2D eigenvalue weighted by Crippen LogP contribution is 2.75. The minimum Gasteiger partial charge on any atom is -0.462 e. The molecule has 360 valence electrons. The summed E-state index contributed by atoms with van der Waals surface area (Å²) in [6.07, 6.45) is 22.8. The number of aliphatic hydroxyl groups excluding tert-OH is 1. The standard InChI is InChI=1S/C56H82O9/c1-10-11-48-63-46-31-54(8)42-16-14-34-28-36(57)20-24-52(34,6)49(42)43(58)30-55(54,9)56(46,65-48)44(59)32-61-27-23-47(60)62-37-21-25-51(5)35(29-37)13-15-38-40-18-17-39(53(40,7)26-22-41(38)51)33(2)12-19-45-50(3,4)64-45/h13,20,24,28,33,37-43,45-46,48-49,58H,10-12,14-19,21-23,25-27,29-32H2,1-9H3/t33-,37+,38+,39-,40+,41+,42-,43+,45?,46?,48+,49-,51+,52+,53-,54+,55+,56-/m1/s1. The molecule has 8 fully saturated rings. The van der Waals surface area contributed by atoms with Gasteiger partial charge in [0.05, 0.1) is 36.9 Å². The maximum Gasteiger partial charge on any atom is 0.308 e. The highest BCUT2D eigenvalue weighted by molar-refractivity contribution is 6.01. The molecule has 0 aromatic heterocycles. The second kappa shape index (κ2) is 16.2. The summed E-state index contributed by atoms with van der Waals surface area (Å²) in [6, 6.07) is 0. The van der Waals surface area contributed by atoms with Gasteiger partial charge in [0, 0.05) is 23.2 Å². The van der Waals surface area contributed by atoms with E-state index < -0.39 is 34.9 Å². The fourth-order valence-electron chi connectivity index (χ4n) is 18.1. The van der Waals surface area contributed by atoms with E-state index >= 15 is 0 Å². The third-order valence-corrected chi connectivity index (χ3v) is 21.9. The van der Waals surface area contributed by atoms with Crippen LogP contribution in [0.3, 0.4) is 0 Å². The Morgan fingerprint density at radius 3 is 2.46 bits per heavy atom. The van der Waals surface area contributed by atoms with Gasteiger partial charge < -0.3 is 28.8 Å². The van der Waals surface area contributed by atoms with Gasteiger partial charge in [0.2, 0.25) is 0 Å². The molecule has 10 aliphatic rings. The number of ether oxygens (including phenoxy) is 5. The van der Waals surface area contributed by atoms with Gasteiger partial charge in [-0.25, -0.2) is 0 Å². The zero-order valence-electron chi connectivity index (χ0n) is 41.4. The van der Waals surface area contributed by atoms with Gasteiger partial charge in [0.25, 0.3) is 0 Å². The summed E-state index contributed by atoms with van der Waals surface area (Å²) >= 11 is 0. The first kappa shape index (κ1) is 46.6. The largest absolute Gasteiger partial charge is 0.462 e. The lowest BCUT2D eigenvalue weighted by atomic mass is 9.41. The van der Waals surface area contributed by atoms with Gasteiger partial charge in [0.1, 0.15) is 12.7 Å². The molecule has 8 aliphatic carbocycles. The van der Waals surface area contributed by atoms with Crippen molar-refractivity contribution in [2.24, 2.45) is 68.5 Å². The second-order valence-corrected chi connectivity index (χ2v) is 25.1. The van der Waals surface area contributed by atoms with E-state index in [9.17, 15) is 19.5 Å². The maximum absolute atomic E-state index is 14.8. The van der Waals surface area contributed by atoms with Crippen molar-refractivity contribution in [1.82, 2.24) is 0 Å². The molecule has 9 nitrogen and oxygen atoms in total. The molecule has 0 spiro atoms. The third-order valence-electron chi connectivity index (χ3n) is 21.9. The number of fused-ring (bicyclic) bond motifs is 12. The number of aliphatic hydroxyl groups is 1. The third kappa shape index (κ3) is 7.00. The number of hydrogen-bond acceptors (Lipinski definition) is 9. The second-order valence-electron chi connectivity index (χ2n) is 25.1. The Balaban J connectivity index is 0.748. The molecule has 9 heteroatoms. The van der Waals surface area contributed by atoms with Crippen molar-refractivity contribution in [3.05, 3.63) is 35.5 Å². The van der Waals surface area contributed by atoms with Crippen LogP contribution in [0.4, 0.5) is 0 Å². The van der Waals surface area contributed by atoms with Crippen molar-refractivity contribution in [3.63, 3.8) is 0 Å². The lowest BCUT2D eigenvalue weighted by Gasteiger charge is -2.64. The Labute approximate surface area is 390 Å². The molecule has 0 aromatic carbocycles. The average Bonchev–Trinajstić information content (AvgIpc) is 3.46. The topological polar surface area (TPSA) is 121 Å². The van der Waals surface area contributed by atoms with Crippen LogP contribution >= 0.6 is 0 Å². The number of hydrogen-bond donors (Lipinski definition) is 1. The number of allylic oxidation sites excluding steroid dienone is 5. The number of rotatable bonds is 13. The molecule has 0 bridgehead atoms. The van der Waals surface area contributed by atoms with E-state index in [4.69, 9.17) is 23.7 Å². The van der Waals surface area contributed by atoms with E-state index in [1.54, 1.807) is 12.2 Å². The Morgan fingerprint density at radius 2 is 1.71 bits per heavy atom. The number of carbonyl (C=O) groups excluding carboxylic acids is 3. The summed E-state index contributed by atoms with van der Waals surface area (Å²) in [7, 11) is 0. The molecular weight excluding hydrogens is 817 g/mol. The first-order chi connectivity index (χ1) is 30.7. The van der Waals surface area contributed by atoms with Crippen molar-refractivity contribution in [1.29, 1.82) is 0 Å². The molecule has 18 atom stereocenters. The van der Waals surface area contributed by atoms with Gasteiger partial charge >= 0.3 is 5.97 Å². The molecule has 2 saturated heterocycles. The normalized spacial score (nSPS) is 49.2. The number of ketones is 2. The van der Waals surface area contributed by atoms with Crippen molar-refractivity contribution < 1.29 is 43.2 Å². The van der Waals surface area contributed by atoms with Crippen molar-refractivity contribution in [3.8, 4) is 0 Å². The molecule has 2 aliphatic heterocycles. The summed E-state index contributed by atoms with van der Waals surface area (Å²) in [5, 5.41) is 12.2. The molecule has 6 saturated carbocycles. The van der Waals surface area contributed by atoms with E-state index in [2.05, 4.69) is 68.4 Å². The zero-order chi connectivity index (χ0) is 46.1. The van der Waals surface area contributed by atoms with E-state index in [0.717, 1.165) is 74.2 Å². The van der Waals surface area contributed by atoms with Gasteiger partial charge in [-0.05, 0) is 168 Å². The highest BCUT2D eigenvalue weighted by atomic mass is 16.7. The monoisotopic (exact) mass is 899 g/mol. The van der Waals surface area contributed by atoms with Crippen LogP contribution in [0.1, 0.15) is 171 Å². The maximum atomic E-state index is 14.8. The molecule has 0 radical (unpaired) electrons. The Morgan fingerprint density at radius 1 is 0.923 bits per heavy atom. The van der Waals surface area contributed by atoms with Crippen LogP contribution < -0.4 is 0 Å². The van der Waals surface area contributed by atoms with Crippen LogP contribution in [0.25, 0.3) is 0 Å². The quantitative estimate of drug-likeness (QED) is 0.0833. The SMILES string of the molecule is CCC[C@H]1OC2C[C@@]3(C)[C@@H]4CCC5=CC(=O)C=C[C@]5(C)[C@H]4[C@@H](O)C[C@]3(C)[C@]2(C(=O)COCCC(=O)O[C@H]2CC[C@@]3(C)C(=CC[C@H]4[C@@H]5CC[C@H]([C@H](C)CCC6OC6(C)C)[C@@]5(C)CC[C@@H]43)C2)O1. The molecule has 0 aromatic rings. The summed E-state index contributed by atoms with van der Waals surface area (Å²) in [4.78, 5) is 40.7. The molecule has 65 heavy (non-hydrogen) atoms. The number of carbonyl (C=O) groups is 3. The molecular formula is C56H82O9. The fraction of sp³-hybridized carbons (Fsp3) is 0.839. The summed E-state index contributed by atoms with van der Waals surface area (Å²) in [5.74, 6) is 3.41. The van der Waals surface area contributed by atoms with E-state index in [0.29, 0.717) is 36.7 Å². The molecule has 2 unspecified atom stereocenters. The summed E-state index contributed by atoms with van der Waals surface area (Å²) in [5.41, 5.74) is 0.522. The molecule has 2 heterocycles. The van der Waals surface area contributed by atoms with Gasteiger partial charge in [-0.2, -0.15) is 0 Å². The van der Waals surface area contributed by atoms with Crippen LogP contribution in [-0.4, -0.2) is 77.8 Å². The highest BCUT2D eigenvalue weighted by Gasteiger charge is 2.80. The van der Waals surface area contributed by atoms with E-state index in [1.807, 2.05) is 6.08 Å². The average molecular weight is 899 g/mol. The summed E-state index contributed by atoms with van der Waals surface area (Å²) in [6.45, 7) is 20.8. The van der Waals surface area contributed by atoms with Crippen molar-refractivity contribution >= 4 is 17.5 Å². The lowest BCUT2D eigenvalue weighted by Crippen LogP contribution is -2.66. The fourth-order valence-corrected chi connectivity index (χ4v) is 18.1. The Bertz CT molecular complexity index is 2020. The Hall–Kier alpha value is -2.17. The zero-order valence-corrected chi connectivity index (χ0v) is 41.4. The number of epoxide rings is 1. The van der Waals surface area contributed by atoms with Gasteiger partial charge in [-0.1, -0.05) is 78.2 Å². The van der Waals surface area contributed by atoms with E-state index in [1.165, 1.54) is 44.1 Å². The van der Waals surface area contributed by atoms with Gasteiger partial charge in [-0.3, -0.25) is 14.4 Å². The number of Topliss-reactive ketones (excluding diaryl/α,β-unsaturated/α-hetero) is 1. The predicted octanol–water partition coefficient (Wildman–Crippen LogP) is 10.6. The smallest absolute Gasteiger partial charge is 0.308 e. The lowest BCUT2D eigenvalue weighted by molar-refractivity contribution is -0.225. The first-order valence-corrected chi connectivity index (χ1v) is 26.4. The van der Waals surface area contributed by atoms with E-state index in [-0.39, 0.29) is 71.5 Å². The van der Waals surface area contributed by atoms with Crippen LogP contribution in [0.15, 0.2) is 35.5 Å². The molecule has 10 rings (SSSR count). The first-order valence-electron chi connectivity index (χ1n) is 26.4. The van der Waals surface area contributed by atoms with Gasteiger partial charge in [-0.15, -0.1) is 0 Å². The molecule has 0 amide bonds. The minimum atomic E-state index is -1.28. The van der Waals surface area contributed by atoms with Crippen molar-refractivity contribution in [2.45, 2.75) is 213 Å². The van der Waals surface area contributed by atoms with Gasteiger partial charge in [0.15, 0.2) is 23.5 Å². The predicted molar refractivity (Wildman–Crippen MR) is 248 cm³/mol. The van der Waals surface area contributed by atoms with Crippen LogP contribution in [0, 0.1) is 68.5 Å². The summed E-state index contributed by atoms with van der Waals surface area (Å²) < 4.78 is 31.8. The minimum absolute atomic E-state index is 0.0138. The number of esters is 1. The van der Waals surface area contributed by atoms with Crippen LogP contribution in [-0.2, 0) is 38.1 Å².